The molecule has 3 rings (SSSR count). The first-order valence-corrected chi connectivity index (χ1v) is 7.31. The van der Waals surface area contributed by atoms with Gasteiger partial charge in [0.15, 0.2) is 5.76 Å². The van der Waals surface area contributed by atoms with Gasteiger partial charge in [-0.25, -0.2) is 0 Å². The van der Waals surface area contributed by atoms with E-state index in [-0.39, 0.29) is 11.7 Å². The summed E-state index contributed by atoms with van der Waals surface area (Å²) in [4.78, 5) is 12.2. The second kappa shape index (κ2) is 6.26. The van der Waals surface area contributed by atoms with Crippen LogP contribution in [-0.4, -0.2) is 5.91 Å². The fraction of sp³-hybridized carbons (Fsp3) is 0. The molecule has 5 heteroatoms. The smallest absolute Gasteiger partial charge is 0.291 e. The molecule has 0 saturated heterocycles. The third-order valence-electron chi connectivity index (χ3n) is 3.09. The van der Waals surface area contributed by atoms with Gasteiger partial charge in [-0.2, -0.15) is 0 Å². The molecule has 0 saturated carbocycles. The van der Waals surface area contributed by atoms with Gasteiger partial charge in [0.2, 0.25) is 0 Å². The lowest BCUT2D eigenvalue weighted by Gasteiger charge is -2.05. The minimum absolute atomic E-state index is 0.190. The molecule has 0 bridgehead atoms. The fourth-order valence-electron chi connectivity index (χ4n) is 2.01. The summed E-state index contributed by atoms with van der Waals surface area (Å²) in [7, 11) is 0. The van der Waals surface area contributed by atoms with E-state index >= 15 is 0 Å². The first-order chi connectivity index (χ1) is 10.6. The Labute approximate surface area is 137 Å². The van der Waals surface area contributed by atoms with E-state index in [1.165, 1.54) is 0 Å². The monoisotopic (exact) mass is 331 g/mol. The SMILES string of the molecule is O=C(Nc1ccccc1Cl)c1ccc(-c2ccccc2Cl)o1. The van der Waals surface area contributed by atoms with Crippen molar-refractivity contribution in [3.05, 3.63) is 76.5 Å². The summed E-state index contributed by atoms with van der Waals surface area (Å²) >= 11 is 12.1. The maximum atomic E-state index is 12.2. The molecular formula is C17H11Cl2NO2. The Balaban J connectivity index is 1.84. The lowest BCUT2D eigenvalue weighted by Crippen LogP contribution is -2.11. The topological polar surface area (TPSA) is 42.2 Å². The van der Waals surface area contributed by atoms with Crippen LogP contribution in [0.5, 0.6) is 0 Å². The van der Waals surface area contributed by atoms with Gasteiger partial charge in [-0.05, 0) is 36.4 Å². The molecule has 0 aliphatic heterocycles. The summed E-state index contributed by atoms with van der Waals surface area (Å²) in [5, 5.41) is 3.74. The number of halogens is 2. The Kier molecular flexibility index (Phi) is 4.18. The largest absolute Gasteiger partial charge is 0.451 e. The average Bonchev–Trinajstić information content (AvgIpc) is 3.00. The molecule has 0 fully saturated rings. The number of anilines is 1. The molecule has 1 heterocycles. The van der Waals surface area contributed by atoms with Gasteiger partial charge in [0.25, 0.3) is 5.91 Å². The van der Waals surface area contributed by atoms with E-state index in [0.29, 0.717) is 21.5 Å². The number of hydrogen-bond donors (Lipinski definition) is 1. The fourth-order valence-corrected chi connectivity index (χ4v) is 2.42. The van der Waals surface area contributed by atoms with Gasteiger partial charge in [-0.1, -0.05) is 47.5 Å². The van der Waals surface area contributed by atoms with Crippen molar-refractivity contribution < 1.29 is 9.21 Å². The van der Waals surface area contributed by atoms with Crippen LogP contribution >= 0.6 is 23.2 Å². The molecule has 1 amide bonds. The minimum Gasteiger partial charge on any atom is -0.451 e. The molecule has 3 nitrogen and oxygen atoms in total. The zero-order valence-corrected chi connectivity index (χ0v) is 12.9. The molecule has 0 radical (unpaired) electrons. The van der Waals surface area contributed by atoms with Crippen LogP contribution in [0.4, 0.5) is 5.69 Å². The summed E-state index contributed by atoms with van der Waals surface area (Å²) in [6, 6.07) is 17.6. The van der Waals surface area contributed by atoms with E-state index in [1.807, 2.05) is 18.2 Å². The highest BCUT2D eigenvalue weighted by Gasteiger charge is 2.14. The van der Waals surface area contributed by atoms with E-state index in [9.17, 15) is 4.79 Å². The number of hydrogen-bond acceptors (Lipinski definition) is 2. The molecule has 110 valence electrons. The number of furan rings is 1. The molecule has 1 aromatic heterocycles. The number of benzene rings is 2. The number of nitrogens with one attached hydrogen (secondary N) is 1. The highest BCUT2D eigenvalue weighted by atomic mass is 35.5. The van der Waals surface area contributed by atoms with Crippen LogP contribution in [0.3, 0.4) is 0 Å². The van der Waals surface area contributed by atoms with Gasteiger partial charge >= 0.3 is 0 Å². The molecule has 0 aliphatic rings. The Morgan fingerprint density at radius 3 is 2.27 bits per heavy atom. The van der Waals surface area contributed by atoms with E-state index in [2.05, 4.69) is 5.32 Å². The lowest BCUT2D eigenvalue weighted by atomic mass is 10.2. The van der Waals surface area contributed by atoms with Crippen molar-refractivity contribution in [2.45, 2.75) is 0 Å². The molecule has 0 aliphatic carbocycles. The van der Waals surface area contributed by atoms with Gasteiger partial charge in [-0.15, -0.1) is 0 Å². The average molecular weight is 332 g/mol. The van der Waals surface area contributed by atoms with Crippen LogP contribution in [0.1, 0.15) is 10.6 Å². The van der Waals surface area contributed by atoms with Crippen molar-refractivity contribution in [1.82, 2.24) is 0 Å². The third kappa shape index (κ3) is 3.01. The number of carbonyl (C=O) groups excluding carboxylic acids is 1. The van der Waals surface area contributed by atoms with E-state index in [4.69, 9.17) is 27.6 Å². The van der Waals surface area contributed by atoms with Gasteiger partial charge in [0.1, 0.15) is 5.76 Å². The number of carbonyl (C=O) groups is 1. The summed E-state index contributed by atoms with van der Waals surface area (Å²) in [6.45, 7) is 0. The highest BCUT2D eigenvalue weighted by molar-refractivity contribution is 6.34. The van der Waals surface area contributed by atoms with Crippen molar-refractivity contribution in [2.75, 3.05) is 5.32 Å². The van der Waals surface area contributed by atoms with Crippen molar-refractivity contribution in [2.24, 2.45) is 0 Å². The number of rotatable bonds is 3. The van der Waals surface area contributed by atoms with E-state index in [1.54, 1.807) is 42.5 Å². The zero-order chi connectivity index (χ0) is 15.5. The van der Waals surface area contributed by atoms with Crippen molar-refractivity contribution >= 4 is 34.8 Å². The van der Waals surface area contributed by atoms with Gasteiger partial charge in [-0.3, -0.25) is 4.79 Å². The van der Waals surface area contributed by atoms with Crippen LogP contribution in [0.2, 0.25) is 10.0 Å². The molecule has 1 N–H and O–H groups in total. The van der Waals surface area contributed by atoms with Gasteiger partial charge in [0, 0.05) is 5.56 Å². The summed E-state index contributed by atoms with van der Waals surface area (Å²) < 4.78 is 5.58. The molecule has 2 aromatic carbocycles. The number of amides is 1. The summed E-state index contributed by atoms with van der Waals surface area (Å²) in [5.41, 5.74) is 1.27. The summed E-state index contributed by atoms with van der Waals surface area (Å²) in [5.74, 6) is 0.358. The van der Waals surface area contributed by atoms with Gasteiger partial charge in [0.05, 0.1) is 15.7 Å². The first kappa shape index (κ1) is 14.7. The normalized spacial score (nSPS) is 10.5. The molecule has 22 heavy (non-hydrogen) atoms. The van der Waals surface area contributed by atoms with Crippen LogP contribution in [0, 0.1) is 0 Å². The van der Waals surface area contributed by atoms with Crippen LogP contribution in [0.15, 0.2) is 65.1 Å². The van der Waals surface area contributed by atoms with Crippen molar-refractivity contribution in [3.63, 3.8) is 0 Å². The Hall–Kier alpha value is -2.23. The second-order valence-electron chi connectivity index (χ2n) is 4.58. The van der Waals surface area contributed by atoms with Crippen molar-refractivity contribution in [1.29, 1.82) is 0 Å². The zero-order valence-electron chi connectivity index (χ0n) is 11.3. The predicted octanol–water partition coefficient (Wildman–Crippen LogP) is 5.51. The van der Waals surface area contributed by atoms with E-state index in [0.717, 1.165) is 5.56 Å². The lowest BCUT2D eigenvalue weighted by molar-refractivity contribution is 0.0997. The molecular weight excluding hydrogens is 321 g/mol. The van der Waals surface area contributed by atoms with Crippen LogP contribution in [-0.2, 0) is 0 Å². The quantitative estimate of drug-likeness (QED) is 0.687. The third-order valence-corrected chi connectivity index (χ3v) is 3.75. The second-order valence-corrected chi connectivity index (χ2v) is 5.39. The highest BCUT2D eigenvalue weighted by Crippen LogP contribution is 2.29. The van der Waals surface area contributed by atoms with Crippen LogP contribution in [0.25, 0.3) is 11.3 Å². The first-order valence-electron chi connectivity index (χ1n) is 6.56. The van der Waals surface area contributed by atoms with Crippen molar-refractivity contribution in [3.8, 4) is 11.3 Å². The summed E-state index contributed by atoms with van der Waals surface area (Å²) in [6.07, 6.45) is 0. The Morgan fingerprint density at radius 1 is 0.864 bits per heavy atom. The minimum atomic E-state index is -0.369. The maximum Gasteiger partial charge on any atom is 0.291 e. The number of para-hydroxylation sites is 1. The van der Waals surface area contributed by atoms with E-state index < -0.39 is 0 Å². The predicted molar refractivity (Wildman–Crippen MR) is 88.6 cm³/mol. The molecule has 0 atom stereocenters. The maximum absolute atomic E-state index is 12.2. The molecule has 0 spiro atoms. The van der Waals surface area contributed by atoms with Crippen LogP contribution < -0.4 is 5.32 Å². The molecule has 0 unspecified atom stereocenters. The molecule has 3 aromatic rings. The Morgan fingerprint density at radius 2 is 1.55 bits per heavy atom. The van der Waals surface area contributed by atoms with Gasteiger partial charge < -0.3 is 9.73 Å². The standard InChI is InChI=1S/C17H11Cl2NO2/c18-12-6-2-1-5-11(12)15-9-10-16(22-15)17(21)20-14-8-4-3-7-13(14)19/h1-10H,(H,20,21). The Bertz CT molecular complexity index is 827.